The fraction of sp³-hybridized carbons (Fsp3) is 0.214. The van der Waals surface area contributed by atoms with Gasteiger partial charge in [-0.2, -0.15) is 0 Å². The number of rotatable bonds is 8. The molecule has 6 nitrogen and oxygen atoms in total. The number of aromatic carboxylic acids is 1. The lowest BCUT2D eigenvalue weighted by molar-refractivity contribution is 0.0684. The first-order valence-electron chi connectivity index (χ1n) is 11.1. The maximum atomic E-state index is 11.6. The molecule has 0 atom stereocenters. The highest BCUT2D eigenvalue weighted by atomic mass is 127. The molecule has 1 N–H and O–H groups in total. The second-order valence-corrected chi connectivity index (χ2v) is 10.2. The van der Waals surface area contributed by atoms with Crippen LogP contribution in [0.25, 0.3) is 11.3 Å². The number of benzene rings is 3. The summed E-state index contributed by atoms with van der Waals surface area (Å²) in [4.78, 5) is 11.6. The molecule has 0 fully saturated rings. The van der Waals surface area contributed by atoms with Crippen LogP contribution < -0.4 is 9.47 Å². The van der Waals surface area contributed by atoms with Crippen molar-refractivity contribution in [2.24, 2.45) is 0 Å². The Kier molecular flexibility index (Phi) is 7.45. The highest BCUT2D eigenvalue weighted by Crippen LogP contribution is 2.43. The quantitative estimate of drug-likeness (QED) is 0.223. The molecule has 0 amide bonds. The van der Waals surface area contributed by atoms with Crippen LogP contribution in [0.15, 0.2) is 77.3 Å². The van der Waals surface area contributed by atoms with E-state index in [9.17, 15) is 9.90 Å². The van der Waals surface area contributed by atoms with Crippen LogP contribution in [0.5, 0.6) is 11.5 Å². The van der Waals surface area contributed by atoms with Gasteiger partial charge in [-0.1, -0.05) is 86.6 Å². The minimum absolute atomic E-state index is 0.128. The maximum absolute atomic E-state index is 11.6. The van der Waals surface area contributed by atoms with Gasteiger partial charge in [-0.3, -0.25) is 0 Å². The minimum Gasteiger partial charge on any atom is -0.488 e. The zero-order valence-electron chi connectivity index (χ0n) is 19.7. The molecule has 1 aromatic heterocycles. The normalized spacial score (nSPS) is 11.3. The Bertz CT molecular complexity index is 1310. The van der Waals surface area contributed by atoms with E-state index in [1.165, 1.54) is 0 Å². The fourth-order valence-corrected chi connectivity index (χ4v) is 4.33. The smallest absolute Gasteiger partial charge is 0.359 e. The average Bonchev–Trinajstić information content (AvgIpc) is 3.23. The van der Waals surface area contributed by atoms with Crippen LogP contribution in [0.3, 0.4) is 0 Å². The summed E-state index contributed by atoms with van der Waals surface area (Å²) in [5.41, 5.74) is 3.24. The molecule has 0 bridgehead atoms. The van der Waals surface area contributed by atoms with Gasteiger partial charge in [0.15, 0.2) is 5.76 Å². The summed E-state index contributed by atoms with van der Waals surface area (Å²) >= 11 is 1.95. The topological polar surface area (TPSA) is 81.8 Å². The molecule has 180 valence electrons. The number of halogens is 1. The molecular weight excluding hydrogens is 557 g/mol. The van der Waals surface area contributed by atoms with Crippen LogP contribution in [0, 0.1) is 3.57 Å². The molecule has 0 unspecified atom stereocenters. The fourth-order valence-electron chi connectivity index (χ4n) is 3.61. The number of carboxylic acids is 1. The molecule has 3 aromatic carbocycles. The summed E-state index contributed by atoms with van der Waals surface area (Å²) in [5.74, 6) is 0.429. The van der Waals surface area contributed by atoms with Crippen molar-refractivity contribution in [2.75, 3.05) is 0 Å². The standard InChI is InChI=1S/C28H26INO5/c1-28(2,3)21-14-20(26-24(29)25(27(31)32)30-35-26)22(33-16-18-10-6-4-7-11-18)15-23(21)34-17-19-12-8-5-9-13-19/h4-15H,16-17H2,1-3H3,(H,31,32). The van der Waals surface area contributed by atoms with Crippen LogP contribution in [-0.2, 0) is 18.6 Å². The van der Waals surface area contributed by atoms with Gasteiger partial charge in [-0.05, 0) is 45.2 Å². The van der Waals surface area contributed by atoms with Gasteiger partial charge in [0.2, 0.25) is 5.69 Å². The number of nitrogens with zero attached hydrogens (tertiary/aromatic N) is 1. The first-order chi connectivity index (χ1) is 16.7. The van der Waals surface area contributed by atoms with E-state index in [0.29, 0.717) is 39.6 Å². The summed E-state index contributed by atoms with van der Waals surface area (Å²) in [7, 11) is 0. The first kappa shape index (κ1) is 24.8. The lowest BCUT2D eigenvalue weighted by Gasteiger charge is -2.25. The number of carbonyl (C=O) groups is 1. The van der Waals surface area contributed by atoms with E-state index < -0.39 is 5.97 Å². The van der Waals surface area contributed by atoms with E-state index in [2.05, 4.69) is 25.9 Å². The second kappa shape index (κ2) is 10.5. The molecule has 4 rings (SSSR count). The summed E-state index contributed by atoms with van der Waals surface area (Å²) in [6.07, 6.45) is 0. The van der Waals surface area contributed by atoms with E-state index in [1.54, 1.807) is 0 Å². The van der Waals surface area contributed by atoms with Crippen LogP contribution in [-0.4, -0.2) is 16.2 Å². The monoisotopic (exact) mass is 583 g/mol. The van der Waals surface area contributed by atoms with Gasteiger partial charge >= 0.3 is 5.97 Å². The summed E-state index contributed by atoms with van der Waals surface area (Å²) in [5, 5.41) is 13.2. The van der Waals surface area contributed by atoms with E-state index in [1.807, 2.05) is 95.4 Å². The predicted molar refractivity (Wildman–Crippen MR) is 142 cm³/mol. The van der Waals surface area contributed by atoms with Crippen molar-refractivity contribution in [3.05, 3.63) is 98.8 Å². The summed E-state index contributed by atoms with van der Waals surface area (Å²) in [6.45, 7) is 7.03. The number of ether oxygens (including phenoxy) is 2. The minimum atomic E-state index is -1.14. The van der Waals surface area contributed by atoms with Crippen molar-refractivity contribution in [3.63, 3.8) is 0 Å². The molecule has 0 saturated heterocycles. The number of hydrogen-bond donors (Lipinski definition) is 1. The number of aromatic nitrogens is 1. The van der Waals surface area contributed by atoms with Gasteiger partial charge in [-0.15, -0.1) is 0 Å². The van der Waals surface area contributed by atoms with Crippen LogP contribution in [0.1, 0.15) is 48.0 Å². The Hall–Kier alpha value is -3.33. The predicted octanol–water partition coefficient (Wildman–Crippen LogP) is 7.10. The maximum Gasteiger partial charge on any atom is 0.359 e. The molecule has 7 heteroatoms. The molecule has 0 aliphatic carbocycles. The van der Waals surface area contributed by atoms with Gasteiger partial charge in [0, 0.05) is 11.6 Å². The Balaban J connectivity index is 1.80. The van der Waals surface area contributed by atoms with E-state index >= 15 is 0 Å². The zero-order valence-corrected chi connectivity index (χ0v) is 21.9. The number of carboxylic acid groups (broad SMARTS) is 1. The number of hydrogen-bond acceptors (Lipinski definition) is 5. The highest BCUT2D eigenvalue weighted by molar-refractivity contribution is 14.1. The van der Waals surface area contributed by atoms with Crippen molar-refractivity contribution in [3.8, 4) is 22.8 Å². The Morgan fingerprint density at radius 3 is 1.94 bits per heavy atom. The van der Waals surface area contributed by atoms with E-state index in [4.69, 9.17) is 14.0 Å². The van der Waals surface area contributed by atoms with Gasteiger partial charge in [0.25, 0.3) is 0 Å². The largest absolute Gasteiger partial charge is 0.488 e. The molecule has 0 spiro atoms. The summed E-state index contributed by atoms with van der Waals surface area (Å²) < 4.78 is 18.5. The lowest BCUT2D eigenvalue weighted by Crippen LogP contribution is -2.14. The van der Waals surface area contributed by atoms with Crippen LogP contribution >= 0.6 is 22.6 Å². The first-order valence-corrected chi connectivity index (χ1v) is 12.2. The Labute approximate surface area is 218 Å². The molecule has 0 radical (unpaired) electrons. The Morgan fingerprint density at radius 2 is 1.46 bits per heavy atom. The molecule has 0 saturated carbocycles. The van der Waals surface area contributed by atoms with Gasteiger partial charge in [0.05, 0.1) is 9.13 Å². The van der Waals surface area contributed by atoms with Gasteiger partial charge in [0.1, 0.15) is 24.7 Å². The van der Waals surface area contributed by atoms with Crippen molar-refractivity contribution in [2.45, 2.75) is 39.4 Å². The lowest BCUT2D eigenvalue weighted by atomic mass is 9.84. The van der Waals surface area contributed by atoms with Crippen LogP contribution in [0.2, 0.25) is 0 Å². The third-order valence-corrected chi connectivity index (χ3v) is 6.45. The molecule has 0 aliphatic heterocycles. The van der Waals surface area contributed by atoms with Crippen molar-refractivity contribution in [1.29, 1.82) is 0 Å². The highest BCUT2D eigenvalue weighted by Gasteiger charge is 2.28. The molecular formula is C28H26INO5. The van der Waals surface area contributed by atoms with Crippen molar-refractivity contribution >= 4 is 28.6 Å². The SMILES string of the molecule is CC(C)(C)c1cc(-c2onc(C(=O)O)c2I)c(OCc2ccccc2)cc1OCc1ccccc1. The second-order valence-electron chi connectivity index (χ2n) is 9.12. The third kappa shape index (κ3) is 5.85. The van der Waals surface area contributed by atoms with Crippen LogP contribution in [0.4, 0.5) is 0 Å². The molecule has 1 heterocycles. The Morgan fingerprint density at radius 1 is 0.914 bits per heavy atom. The van der Waals surface area contributed by atoms with Crippen molar-refractivity contribution in [1.82, 2.24) is 5.16 Å². The average molecular weight is 583 g/mol. The zero-order chi connectivity index (χ0) is 25.0. The van der Waals surface area contributed by atoms with E-state index in [0.717, 1.165) is 16.7 Å². The van der Waals surface area contributed by atoms with Gasteiger partial charge < -0.3 is 19.1 Å². The molecule has 35 heavy (non-hydrogen) atoms. The van der Waals surface area contributed by atoms with Crippen molar-refractivity contribution < 1.29 is 23.9 Å². The van der Waals surface area contributed by atoms with Gasteiger partial charge in [-0.25, -0.2) is 4.79 Å². The molecule has 4 aromatic rings. The summed E-state index contributed by atoms with van der Waals surface area (Å²) in [6, 6.07) is 23.6. The van der Waals surface area contributed by atoms with E-state index in [-0.39, 0.29) is 11.1 Å². The third-order valence-electron chi connectivity index (χ3n) is 5.45. The molecule has 0 aliphatic rings.